The van der Waals surface area contributed by atoms with Crippen molar-refractivity contribution in [2.75, 3.05) is 6.61 Å². The maximum Gasteiger partial charge on any atom is 0.341 e. The van der Waals surface area contributed by atoms with E-state index in [0.717, 1.165) is 53.3 Å². The first-order valence-electron chi connectivity index (χ1n) is 12.4. The number of fused-ring (bicyclic) bond motifs is 2. The van der Waals surface area contributed by atoms with Crippen LogP contribution in [0.3, 0.4) is 0 Å². The average Bonchev–Trinajstić information content (AvgIpc) is 3.64. The molecule has 180 valence electrons. The Bertz CT molecular complexity index is 1360. The van der Waals surface area contributed by atoms with Crippen LogP contribution in [0.4, 0.5) is 0 Å². The predicted octanol–water partition coefficient (Wildman–Crippen LogP) is 6.90. The molecule has 36 heavy (non-hydrogen) atoms. The number of hydrogen-bond acceptors (Lipinski definition) is 4. The Morgan fingerprint density at radius 3 is 2.39 bits per heavy atom. The van der Waals surface area contributed by atoms with E-state index in [0.29, 0.717) is 17.6 Å². The van der Waals surface area contributed by atoms with Crippen molar-refractivity contribution in [2.45, 2.75) is 25.7 Å². The Morgan fingerprint density at radius 1 is 0.917 bits per heavy atom. The summed E-state index contributed by atoms with van der Waals surface area (Å²) in [5.74, 6) is 2.12. The molecule has 0 saturated heterocycles. The highest BCUT2D eigenvalue weighted by atomic mass is 16.5. The fraction of sp³-hybridized carbons (Fsp3) is 0.226. The van der Waals surface area contributed by atoms with Gasteiger partial charge in [-0.25, -0.2) is 9.78 Å². The van der Waals surface area contributed by atoms with Gasteiger partial charge in [-0.1, -0.05) is 78.4 Å². The Labute approximate surface area is 210 Å². The van der Waals surface area contributed by atoms with Crippen LogP contribution in [0.1, 0.15) is 30.7 Å². The van der Waals surface area contributed by atoms with Crippen LogP contribution in [0.2, 0.25) is 0 Å². The third-order valence-corrected chi connectivity index (χ3v) is 7.28. The standard InChI is InChI=1S/C31H27NO4/c33-27(34)19-35-25-13-7-8-20(16-25)17-26-23-14-15-24(18-23)28(26)31-32-29(21-9-3-1-4-10-21)30(36-31)22-11-5-2-6-12-22/h1-13,16,23-24H,14-15,17-19H2,(H,33,34). The number of carboxylic acid groups (broad SMARTS) is 1. The molecule has 1 N–H and O–H groups in total. The second-order valence-corrected chi connectivity index (χ2v) is 9.58. The summed E-state index contributed by atoms with van der Waals surface area (Å²) in [6.07, 6.45) is 4.28. The van der Waals surface area contributed by atoms with Gasteiger partial charge in [0.05, 0.1) is 0 Å². The number of carboxylic acids is 1. The van der Waals surface area contributed by atoms with Gasteiger partial charge in [-0.05, 0) is 55.2 Å². The van der Waals surface area contributed by atoms with E-state index in [-0.39, 0.29) is 6.61 Å². The minimum Gasteiger partial charge on any atom is -0.482 e. The quantitative estimate of drug-likeness (QED) is 0.299. The van der Waals surface area contributed by atoms with Crippen molar-refractivity contribution in [2.24, 2.45) is 11.8 Å². The molecule has 1 heterocycles. The van der Waals surface area contributed by atoms with Gasteiger partial charge < -0.3 is 14.3 Å². The first-order chi connectivity index (χ1) is 17.7. The number of nitrogens with zero attached hydrogens (tertiary/aromatic N) is 1. The van der Waals surface area contributed by atoms with Crippen molar-refractivity contribution in [1.29, 1.82) is 0 Å². The van der Waals surface area contributed by atoms with Crippen LogP contribution in [0.5, 0.6) is 5.75 Å². The Balaban J connectivity index is 1.41. The smallest absolute Gasteiger partial charge is 0.341 e. The summed E-state index contributed by atoms with van der Waals surface area (Å²) >= 11 is 0. The lowest BCUT2D eigenvalue weighted by atomic mass is 9.87. The van der Waals surface area contributed by atoms with Crippen molar-refractivity contribution in [3.8, 4) is 28.3 Å². The van der Waals surface area contributed by atoms with Gasteiger partial charge in [0.2, 0.25) is 5.89 Å². The predicted molar refractivity (Wildman–Crippen MR) is 138 cm³/mol. The largest absolute Gasteiger partial charge is 0.482 e. The summed E-state index contributed by atoms with van der Waals surface area (Å²) in [6.45, 7) is -0.344. The van der Waals surface area contributed by atoms with E-state index in [1.165, 1.54) is 17.6 Å². The summed E-state index contributed by atoms with van der Waals surface area (Å²) in [7, 11) is 0. The first-order valence-corrected chi connectivity index (χ1v) is 12.4. The van der Waals surface area contributed by atoms with E-state index in [1.54, 1.807) is 6.07 Å². The molecular formula is C31H27NO4. The number of ether oxygens (including phenoxy) is 1. The molecule has 5 nitrogen and oxygen atoms in total. The van der Waals surface area contributed by atoms with Crippen LogP contribution in [0.15, 0.2) is 94.9 Å². The van der Waals surface area contributed by atoms with E-state index in [9.17, 15) is 4.79 Å². The number of allylic oxidation sites excluding steroid dienone is 2. The molecule has 4 aromatic rings. The monoisotopic (exact) mass is 477 g/mol. The third-order valence-electron chi connectivity index (χ3n) is 7.28. The Kier molecular flexibility index (Phi) is 5.90. The number of aromatic nitrogens is 1. The molecule has 0 amide bonds. The summed E-state index contributed by atoms with van der Waals surface area (Å²) < 4.78 is 12.0. The summed E-state index contributed by atoms with van der Waals surface area (Å²) in [4.78, 5) is 16.0. The van der Waals surface area contributed by atoms with Crippen LogP contribution in [0.25, 0.3) is 28.2 Å². The lowest BCUT2D eigenvalue weighted by Gasteiger charge is -2.18. The van der Waals surface area contributed by atoms with Crippen LogP contribution in [0, 0.1) is 11.8 Å². The normalized spacial score (nSPS) is 18.6. The van der Waals surface area contributed by atoms with Crippen LogP contribution >= 0.6 is 0 Å². The van der Waals surface area contributed by atoms with Crippen LogP contribution < -0.4 is 4.74 Å². The van der Waals surface area contributed by atoms with E-state index < -0.39 is 5.97 Å². The lowest BCUT2D eigenvalue weighted by Crippen LogP contribution is -2.10. The zero-order valence-electron chi connectivity index (χ0n) is 19.9. The van der Waals surface area contributed by atoms with Gasteiger partial charge in [0.15, 0.2) is 12.4 Å². The molecule has 3 aromatic carbocycles. The molecular weight excluding hydrogens is 450 g/mol. The molecule has 0 radical (unpaired) electrons. The number of rotatable bonds is 8. The maximum atomic E-state index is 10.9. The molecule has 1 saturated carbocycles. The minimum absolute atomic E-state index is 0.344. The molecule has 1 fully saturated rings. The van der Waals surface area contributed by atoms with Gasteiger partial charge in [0, 0.05) is 16.7 Å². The second kappa shape index (κ2) is 9.50. The Morgan fingerprint density at radius 2 is 1.64 bits per heavy atom. The van der Waals surface area contributed by atoms with Gasteiger partial charge in [0.1, 0.15) is 11.4 Å². The van der Waals surface area contributed by atoms with E-state index in [1.807, 2.05) is 48.5 Å². The zero-order valence-corrected chi connectivity index (χ0v) is 19.9. The van der Waals surface area contributed by atoms with E-state index in [4.69, 9.17) is 19.2 Å². The van der Waals surface area contributed by atoms with Crippen molar-refractivity contribution in [1.82, 2.24) is 4.98 Å². The highest BCUT2D eigenvalue weighted by Gasteiger charge is 2.41. The summed E-state index contributed by atoms with van der Waals surface area (Å²) in [6, 6.07) is 28.1. The molecule has 2 aliphatic carbocycles. The zero-order chi connectivity index (χ0) is 24.5. The second-order valence-electron chi connectivity index (χ2n) is 9.58. The number of hydrogen-bond donors (Lipinski definition) is 1. The van der Waals surface area contributed by atoms with Crippen molar-refractivity contribution in [3.63, 3.8) is 0 Å². The molecule has 6 rings (SSSR count). The van der Waals surface area contributed by atoms with E-state index >= 15 is 0 Å². The maximum absolute atomic E-state index is 10.9. The van der Waals surface area contributed by atoms with Gasteiger partial charge in [-0.2, -0.15) is 0 Å². The van der Waals surface area contributed by atoms with Gasteiger partial charge in [0.25, 0.3) is 0 Å². The highest BCUT2D eigenvalue weighted by molar-refractivity contribution is 5.80. The molecule has 2 bridgehead atoms. The molecule has 0 spiro atoms. The molecule has 0 aliphatic heterocycles. The fourth-order valence-corrected chi connectivity index (χ4v) is 5.72. The number of carbonyl (C=O) groups is 1. The minimum atomic E-state index is -0.981. The van der Waals surface area contributed by atoms with Crippen molar-refractivity contribution >= 4 is 11.5 Å². The summed E-state index contributed by atoms with van der Waals surface area (Å²) in [5, 5.41) is 8.95. The molecule has 2 atom stereocenters. The number of benzene rings is 3. The van der Waals surface area contributed by atoms with Gasteiger partial charge in [-0.15, -0.1) is 0 Å². The Hall–Kier alpha value is -4.12. The number of oxazole rings is 1. The molecule has 2 unspecified atom stereocenters. The summed E-state index contributed by atoms with van der Waals surface area (Å²) in [5.41, 5.74) is 6.68. The highest BCUT2D eigenvalue weighted by Crippen LogP contribution is 2.54. The SMILES string of the molecule is O=C(O)COc1cccc(CC2=C(c3nc(-c4ccccc4)c(-c4ccccc4)o3)C3CCC2C3)c1. The van der Waals surface area contributed by atoms with Crippen molar-refractivity contribution < 1.29 is 19.1 Å². The topological polar surface area (TPSA) is 72.6 Å². The van der Waals surface area contributed by atoms with Crippen molar-refractivity contribution in [3.05, 3.63) is 102 Å². The average molecular weight is 478 g/mol. The molecule has 2 aliphatic rings. The third kappa shape index (κ3) is 4.33. The van der Waals surface area contributed by atoms with E-state index in [2.05, 4.69) is 30.3 Å². The molecule has 5 heteroatoms. The van der Waals surface area contributed by atoms with Crippen LogP contribution in [-0.2, 0) is 11.2 Å². The molecule has 1 aromatic heterocycles. The lowest BCUT2D eigenvalue weighted by molar-refractivity contribution is -0.139. The first kappa shape index (κ1) is 22.4. The van der Waals surface area contributed by atoms with Gasteiger partial charge in [-0.3, -0.25) is 0 Å². The van der Waals surface area contributed by atoms with Crippen LogP contribution in [-0.4, -0.2) is 22.7 Å². The van der Waals surface area contributed by atoms with Gasteiger partial charge >= 0.3 is 5.97 Å². The number of aliphatic carboxylic acids is 1. The fourth-order valence-electron chi connectivity index (χ4n) is 5.72.